The minimum Gasteiger partial charge on any atom is -0.350 e. The molecule has 0 saturated heterocycles. The van der Waals surface area contributed by atoms with Gasteiger partial charge >= 0.3 is 0 Å². The SMILES string of the molecule is CN(C)Cc1ccc(-c2ccccc2CNC(=O)CNC(=O)C(C)(C)C)cc1. The lowest BCUT2D eigenvalue weighted by atomic mass is 9.96. The van der Waals surface area contributed by atoms with Crippen molar-refractivity contribution in [3.05, 3.63) is 59.7 Å². The van der Waals surface area contributed by atoms with Crippen LogP contribution in [0.1, 0.15) is 31.9 Å². The van der Waals surface area contributed by atoms with Gasteiger partial charge in [-0.2, -0.15) is 0 Å². The lowest BCUT2D eigenvalue weighted by Crippen LogP contribution is -2.41. The summed E-state index contributed by atoms with van der Waals surface area (Å²) in [6.45, 7) is 6.76. The molecule has 0 atom stereocenters. The van der Waals surface area contributed by atoms with Crippen molar-refractivity contribution < 1.29 is 9.59 Å². The van der Waals surface area contributed by atoms with Gasteiger partial charge in [0.05, 0.1) is 6.54 Å². The second-order valence-corrected chi connectivity index (χ2v) is 8.30. The van der Waals surface area contributed by atoms with Crippen LogP contribution in [0.3, 0.4) is 0 Å². The predicted molar refractivity (Wildman–Crippen MR) is 114 cm³/mol. The molecule has 0 bridgehead atoms. The number of amides is 2. The van der Waals surface area contributed by atoms with E-state index < -0.39 is 5.41 Å². The third-order valence-corrected chi connectivity index (χ3v) is 4.35. The number of hydrogen-bond donors (Lipinski definition) is 2. The van der Waals surface area contributed by atoms with E-state index >= 15 is 0 Å². The zero-order valence-electron chi connectivity index (χ0n) is 17.5. The van der Waals surface area contributed by atoms with Gasteiger partial charge in [-0.05, 0) is 36.3 Å². The molecule has 0 fully saturated rings. The van der Waals surface area contributed by atoms with E-state index in [-0.39, 0.29) is 18.4 Å². The number of carbonyl (C=O) groups excluding carboxylic acids is 2. The molecule has 2 rings (SSSR count). The molecule has 150 valence electrons. The van der Waals surface area contributed by atoms with Crippen LogP contribution in [-0.4, -0.2) is 37.4 Å². The smallest absolute Gasteiger partial charge is 0.239 e. The number of hydrogen-bond acceptors (Lipinski definition) is 3. The molecule has 0 aliphatic heterocycles. The number of nitrogens with one attached hydrogen (secondary N) is 2. The number of benzene rings is 2. The second-order valence-electron chi connectivity index (χ2n) is 8.30. The molecule has 0 saturated carbocycles. The van der Waals surface area contributed by atoms with Gasteiger partial charge in [0.15, 0.2) is 0 Å². The topological polar surface area (TPSA) is 61.4 Å². The maximum atomic E-state index is 12.1. The minimum atomic E-state index is -0.508. The monoisotopic (exact) mass is 381 g/mol. The fourth-order valence-corrected chi connectivity index (χ4v) is 2.79. The van der Waals surface area contributed by atoms with Crippen molar-refractivity contribution in [2.24, 2.45) is 5.41 Å². The van der Waals surface area contributed by atoms with Gasteiger partial charge in [0.2, 0.25) is 11.8 Å². The Morgan fingerprint density at radius 1 is 0.929 bits per heavy atom. The average Bonchev–Trinajstić information content (AvgIpc) is 2.64. The van der Waals surface area contributed by atoms with Gasteiger partial charge in [-0.3, -0.25) is 9.59 Å². The van der Waals surface area contributed by atoms with E-state index in [1.165, 1.54) is 5.56 Å². The summed E-state index contributed by atoms with van der Waals surface area (Å²) in [4.78, 5) is 26.1. The van der Waals surface area contributed by atoms with E-state index in [2.05, 4.69) is 60.0 Å². The van der Waals surface area contributed by atoms with Gasteiger partial charge in [-0.1, -0.05) is 69.3 Å². The highest BCUT2D eigenvalue weighted by Crippen LogP contribution is 2.24. The van der Waals surface area contributed by atoms with Crippen LogP contribution in [0.5, 0.6) is 0 Å². The van der Waals surface area contributed by atoms with Crippen LogP contribution in [0.25, 0.3) is 11.1 Å². The van der Waals surface area contributed by atoms with Crippen molar-refractivity contribution in [2.75, 3.05) is 20.6 Å². The highest BCUT2D eigenvalue weighted by Gasteiger charge is 2.21. The van der Waals surface area contributed by atoms with E-state index in [1.807, 2.05) is 39.0 Å². The molecule has 28 heavy (non-hydrogen) atoms. The maximum Gasteiger partial charge on any atom is 0.239 e. The molecule has 0 aliphatic carbocycles. The number of carbonyl (C=O) groups is 2. The first-order valence-corrected chi connectivity index (χ1v) is 9.54. The Bertz CT molecular complexity index is 805. The first kappa shape index (κ1) is 21.6. The zero-order valence-corrected chi connectivity index (χ0v) is 17.5. The van der Waals surface area contributed by atoms with E-state index in [9.17, 15) is 9.59 Å². The average molecular weight is 382 g/mol. The molecule has 2 amide bonds. The summed E-state index contributed by atoms with van der Waals surface area (Å²) >= 11 is 0. The van der Waals surface area contributed by atoms with E-state index in [0.717, 1.165) is 23.2 Å². The Balaban J connectivity index is 2.00. The summed E-state index contributed by atoms with van der Waals surface area (Å²) in [5, 5.41) is 5.56. The van der Waals surface area contributed by atoms with E-state index in [4.69, 9.17) is 0 Å². The third kappa shape index (κ3) is 6.50. The maximum absolute atomic E-state index is 12.1. The summed E-state index contributed by atoms with van der Waals surface area (Å²) in [5.41, 5.74) is 4.00. The highest BCUT2D eigenvalue weighted by molar-refractivity contribution is 5.87. The van der Waals surface area contributed by atoms with Crippen molar-refractivity contribution in [3.63, 3.8) is 0 Å². The van der Waals surface area contributed by atoms with E-state index in [1.54, 1.807) is 0 Å². The first-order valence-electron chi connectivity index (χ1n) is 9.54. The number of rotatable bonds is 7. The summed E-state index contributed by atoms with van der Waals surface area (Å²) in [6, 6.07) is 16.5. The summed E-state index contributed by atoms with van der Waals surface area (Å²) in [7, 11) is 4.10. The van der Waals surface area contributed by atoms with Gasteiger partial charge < -0.3 is 15.5 Å². The Morgan fingerprint density at radius 3 is 2.18 bits per heavy atom. The molecule has 0 spiro atoms. The van der Waals surface area contributed by atoms with Crippen molar-refractivity contribution in [3.8, 4) is 11.1 Å². The molecule has 2 aromatic rings. The minimum absolute atomic E-state index is 0.0164. The summed E-state index contributed by atoms with van der Waals surface area (Å²) in [5.74, 6) is -0.338. The Morgan fingerprint density at radius 2 is 1.57 bits per heavy atom. The first-order chi connectivity index (χ1) is 13.2. The predicted octanol–water partition coefficient (Wildman–Crippen LogP) is 3.19. The van der Waals surface area contributed by atoms with Gasteiger partial charge in [0.25, 0.3) is 0 Å². The molecule has 0 radical (unpaired) electrons. The number of nitrogens with zero attached hydrogens (tertiary/aromatic N) is 1. The van der Waals surface area contributed by atoms with Crippen molar-refractivity contribution in [2.45, 2.75) is 33.9 Å². The van der Waals surface area contributed by atoms with Gasteiger partial charge in [0, 0.05) is 18.5 Å². The molecule has 2 N–H and O–H groups in total. The van der Waals surface area contributed by atoms with Crippen molar-refractivity contribution in [1.82, 2.24) is 15.5 Å². The van der Waals surface area contributed by atoms with Gasteiger partial charge in [-0.15, -0.1) is 0 Å². The van der Waals surface area contributed by atoms with Crippen LogP contribution in [0.15, 0.2) is 48.5 Å². The molecular formula is C23H31N3O2. The highest BCUT2D eigenvalue weighted by atomic mass is 16.2. The Hall–Kier alpha value is -2.66. The van der Waals surface area contributed by atoms with Crippen molar-refractivity contribution in [1.29, 1.82) is 0 Å². The largest absolute Gasteiger partial charge is 0.350 e. The van der Waals surface area contributed by atoms with Crippen LogP contribution in [0, 0.1) is 5.41 Å². The quantitative estimate of drug-likeness (QED) is 0.774. The molecule has 0 unspecified atom stereocenters. The molecule has 5 heteroatoms. The van der Waals surface area contributed by atoms with E-state index in [0.29, 0.717) is 6.54 Å². The Labute approximate surface area is 168 Å². The standard InChI is InChI=1S/C23H31N3O2/c1-23(2,3)22(28)25-15-21(27)24-14-19-8-6-7-9-20(19)18-12-10-17(11-13-18)16-26(4)5/h6-13H,14-16H2,1-5H3,(H,24,27)(H,25,28). The second kappa shape index (κ2) is 9.51. The molecule has 0 heterocycles. The molecule has 0 aliphatic rings. The van der Waals surface area contributed by atoms with Gasteiger partial charge in [0.1, 0.15) is 0 Å². The molecule has 5 nitrogen and oxygen atoms in total. The fourth-order valence-electron chi connectivity index (χ4n) is 2.79. The molecule has 2 aromatic carbocycles. The van der Waals surface area contributed by atoms with Gasteiger partial charge in [-0.25, -0.2) is 0 Å². The van der Waals surface area contributed by atoms with Crippen LogP contribution in [0.2, 0.25) is 0 Å². The lowest BCUT2D eigenvalue weighted by molar-refractivity contribution is -0.131. The molecule has 0 aromatic heterocycles. The van der Waals surface area contributed by atoms with Crippen LogP contribution < -0.4 is 10.6 Å². The van der Waals surface area contributed by atoms with Crippen LogP contribution in [0.4, 0.5) is 0 Å². The fraction of sp³-hybridized carbons (Fsp3) is 0.391. The van der Waals surface area contributed by atoms with Crippen molar-refractivity contribution >= 4 is 11.8 Å². The van der Waals surface area contributed by atoms with Crippen LogP contribution in [-0.2, 0) is 22.7 Å². The Kier molecular flexibility index (Phi) is 7.35. The van der Waals surface area contributed by atoms with Crippen LogP contribution >= 0.6 is 0 Å². The summed E-state index contributed by atoms with van der Waals surface area (Å²) in [6.07, 6.45) is 0. The molecular weight excluding hydrogens is 350 g/mol. The normalized spacial score (nSPS) is 11.4. The third-order valence-electron chi connectivity index (χ3n) is 4.35. The summed E-state index contributed by atoms with van der Waals surface area (Å²) < 4.78 is 0. The lowest BCUT2D eigenvalue weighted by Gasteiger charge is -2.17. The zero-order chi connectivity index (χ0) is 20.7.